The highest BCUT2D eigenvalue weighted by Crippen LogP contribution is 2.33. The highest BCUT2D eigenvalue weighted by Gasteiger charge is 2.41. The molecule has 30 heavy (non-hydrogen) atoms. The number of halogens is 1. The van der Waals surface area contributed by atoms with E-state index in [0.29, 0.717) is 43.8 Å². The normalized spacial score (nSPS) is 28.4. The number of morpholine rings is 1. The van der Waals surface area contributed by atoms with Crippen molar-refractivity contribution >= 4 is 35.4 Å². The summed E-state index contributed by atoms with van der Waals surface area (Å²) in [5, 5.41) is 3.61. The minimum absolute atomic E-state index is 0.103. The molecule has 3 fully saturated rings. The number of rotatable bonds is 3. The van der Waals surface area contributed by atoms with Crippen molar-refractivity contribution in [1.82, 2.24) is 10.2 Å². The fourth-order valence-corrected chi connectivity index (χ4v) is 4.80. The molecule has 7 nitrogen and oxygen atoms in total. The molecule has 2 heterocycles. The molecule has 2 saturated heterocycles. The van der Waals surface area contributed by atoms with Gasteiger partial charge in [0.15, 0.2) is 5.76 Å². The first-order valence-corrected chi connectivity index (χ1v) is 10.8. The van der Waals surface area contributed by atoms with Crippen molar-refractivity contribution in [3.8, 4) is 0 Å². The van der Waals surface area contributed by atoms with Crippen LogP contribution in [0.15, 0.2) is 30.0 Å². The Bertz CT molecular complexity index is 879. The summed E-state index contributed by atoms with van der Waals surface area (Å²) in [5.74, 6) is -0.458. The highest BCUT2D eigenvalue weighted by atomic mass is 35.5. The van der Waals surface area contributed by atoms with Crippen molar-refractivity contribution in [2.45, 2.75) is 44.2 Å². The Morgan fingerprint density at radius 2 is 1.93 bits per heavy atom. The van der Waals surface area contributed by atoms with Crippen LogP contribution >= 0.6 is 11.6 Å². The minimum atomic E-state index is -0.286. The van der Waals surface area contributed by atoms with Crippen molar-refractivity contribution in [3.63, 3.8) is 0 Å². The molecule has 3 atom stereocenters. The van der Waals surface area contributed by atoms with Crippen molar-refractivity contribution in [2.75, 3.05) is 13.1 Å². The van der Waals surface area contributed by atoms with E-state index in [-0.39, 0.29) is 47.5 Å². The van der Waals surface area contributed by atoms with Crippen molar-refractivity contribution in [3.05, 3.63) is 40.6 Å². The first-order chi connectivity index (χ1) is 14.4. The minimum Gasteiger partial charge on any atom is -0.483 e. The van der Waals surface area contributed by atoms with Crippen LogP contribution in [-0.4, -0.2) is 47.9 Å². The molecule has 0 radical (unpaired) electrons. The number of nitrogens with two attached hydrogens (primary N) is 1. The molecule has 3 N–H and O–H groups in total. The highest BCUT2D eigenvalue weighted by molar-refractivity contribution is 6.30. The summed E-state index contributed by atoms with van der Waals surface area (Å²) in [6, 6.07) is 7.05. The van der Waals surface area contributed by atoms with Crippen LogP contribution in [0.1, 0.15) is 37.7 Å². The average molecular weight is 432 g/mol. The van der Waals surface area contributed by atoms with Crippen molar-refractivity contribution in [1.29, 1.82) is 0 Å². The number of hydrogen-bond acceptors (Lipinski definition) is 4. The molecule has 1 saturated carbocycles. The molecule has 4 rings (SSSR count). The fourth-order valence-electron chi connectivity index (χ4n) is 4.61. The van der Waals surface area contributed by atoms with Crippen LogP contribution in [0.2, 0.25) is 5.02 Å². The zero-order valence-corrected chi connectivity index (χ0v) is 17.4. The van der Waals surface area contributed by atoms with Crippen LogP contribution < -0.4 is 11.1 Å². The molecule has 160 valence electrons. The number of nitrogens with zero attached hydrogens (tertiary/aromatic N) is 1. The Kier molecular flexibility index (Phi) is 5.99. The number of piperidine rings is 1. The lowest BCUT2D eigenvalue weighted by atomic mass is 9.81. The van der Waals surface area contributed by atoms with Gasteiger partial charge in [-0.2, -0.15) is 0 Å². The summed E-state index contributed by atoms with van der Waals surface area (Å²) in [7, 11) is 0. The number of hydrogen-bond donors (Lipinski definition) is 2. The standard InChI is InChI=1S/C22H26ClN3O4/c23-16-3-1-2-13(10-16)11-19-21(28)25-17-12-15(4-5-18(17)30-19)22(29)26-8-6-14(7-9-26)20(24)27/h1-3,10-11,14-15,17-18H,4-9,12H2,(H2,24,27)(H,25,28)/b19-11+. The summed E-state index contributed by atoms with van der Waals surface area (Å²) in [4.78, 5) is 38.7. The summed E-state index contributed by atoms with van der Waals surface area (Å²) < 4.78 is 5.99. The summed E-state index contributed by atoms with van der Waals surface area (Å²) >= 11 is 6.01. The summed E-state index contributed by atoms with van der Waals surface area (Å²) in [6.45, 7) is 1.12. The number of carbonyl (C=O) groups is 3. The van der Waals surface area contributed by atoms with Gasteiger partial charge >= 0.3 is 0 Å². The Hall–Kier alpha value is -2.54. The largest absolute Gasteiger partial charge is 0.483 e. The topological polar surface area (TPSA) is 102 Å². The lowest BCUT2D eigenvalue weighted by Crippen LogP contribution is -2.55. The number of benzene rings is 1. The van der Waals surface area contributed by atoms with Crippen LogP contribution in [0.3, 0.4) is 0 Å². The second kappa shape index (κ2) is 8.68. The van der Waals surface area contributed by atoms with Gasteiger partial charge in [0.2, 0.25) is 11.8 Å². The van der Waals surface area contributed by atoms with E-state index in [4.69, 9.17) is 22.1 Å². The first-order valence-electron chi connectivity index (χ1n) is 10.4. The molecule has 0 bridgehead atoms. The maximum absolute atomic E-state index is 13.0. The quantitative estimate of drug-likeness (QED) is 0.715. The Morgan fingerprint density at radius 1 is 1.17 bits per heavy atom. The second-order valence-electron chi connectivity index (χ2n) is 8.31. The maximum Gasteiger partial charge on any atom is 0.286 e. The molecular weight excluding hydrogens is 406 g/mol. The van der Waals surface area contributed by atoms with E-state index >= 15 is 0 Å². The Balaban J connectivity index is 1.36. The Morgan fingerprint density at radius 3 is 2.63 bits per heavy atom. The number of ether oxygens (including phenoxy) is 1. The second-order valence-corrected chi connectivity index (χ2v) is 8.75. The number of fused-ring (bicyclic) bond motifs is 1. The molecule has 8 heteroatoms. The summed E-state index contributed by atoms with van der Waals surface area (Å²) in [5.41, 5.74) is 6.18. The molecule has 1 aromatic carbocycles. The molecule has 1 aliphatic carbocycles. The van der Waals surface area contributed by atoms with Gasteiger partial charge in [-0.15, -0.1) is 0 Å². The van der Waals surface area contributed by atoms with Gasteiger partial charge in [0.1, 0.15) is 6.10 Å². The lowest BCUT2D eigenvalue weighted by molar-refractivity contribution is -0.143. The smallest absolute Gasteiger partial charge is 0.286 e. The van der Waals surface area contributed by atoms with Gasteiger partial charge in [0, 0.05) is 29.9 Å². The van der Waals surface area contributed by atoms with Crippen LogP contribution in [-0.2, 0) is 19.1 Å². The number of amides is 3. The van der Waals surface area contributed by atoms with E-state index in [2.05, 4.69) is 5.32 Å². The average Bonchev–Trinajstić information content (AvgIpc) is 2.73. The monoisotopic (exact) mass is 431 g/mol. The van der Waals surface area contributed by atoms with Crippen LogP contribution in [0.5, 0.6) is 0 Å². The molecule has 3 unspecified atom stereocenters. The van der Waals surface area contributed by atoms with E-state index < -0.39 is 0 Å². The summed E-state index contributed by atoms with van der Waals surface area (Å²) in [6.07, 6.45) is 4.78. The predicted molar refractivity (Wildman–Crippen MR) is 112 cm³/mol. The number of likely N-dealkylation sites (tertiary alicyclic amines) is 1. The van der Waals surface area contributed by atoms with Crippen LogP contribution in [0.4, 0.5) is 0 Å². The zero-order chi connectivity index (χ0) is 21.3. The van der Waals surface area contributed by atoms with Gasteiger partial charge in [-0.25, -0.2) is 0 Å². The van der Waals surface area contributed by atoms with E-state index in [1.807, 2.05) is 17.0 Å². The maximum atomic E-state index is 13.0. The van der Waals surface area contributed by atoms with E-state index in [0.717, 1.165) is 12.0 Å². The van der Waals surface area contributed by atoms with Crippen LogP contribution in [0, 0.1) is 11.8 Å². The van der Waals surface area contributed by atoms with Crippen LogP contribution in [0.25, 0.3) is 6.08 Å². The third kappa shape index (κ3) is 4.46. The molecule has 3 amide bonds. The molecule has 0 aromatic heterocycles. The van der Waals surface area contributed by atoms with E-state index in [9.17, 15) is 14.4 Å². The molecule has 1 aromatic rings. The molecule has 3 aliphatic rings. The van der Waals surface area contributed by atoms with Crippen molar-refractivity contribution < 1.29 is 19.1 Å². The Labute approximate surface area is 180 Å². The first kappa shape index (κ1) is 20.7. The zero-order valence-electron chi connectivity index (χ0n) is 16.7. The predicted octanol–water partition coefficient (Wildman–Crippen LogP) is 2.09. The van der Waals surface area contributed by atoms with Gasteiger partial charge in [-0.05, 0) is 55.9 Å². The molecule has 2 aliphatic heterocycles. The lowest BCUT2D eigenvalue weighted by Gasteiger charge is -2.41. The molecular formula is C22H26ClN3O4. The van der Waals surface area contributed by atoms with E-state index in [1.54, 1.807) is 18.2 Å². The van der Waals surface area contributed by atoms with Gasteiger partial charge < -0.3 is 20.7 Å². The van der Waals surface area contributed by atoms with Gasteiger partial charge in [0.05, 0.1) is 6.04 Å². The SMILES string of the molecule is NC(=O)C1CCN(C(=O)C2CCC3O/C(=C/c4cccc(Cl)c4)C(=O)NC3C2)CC1. The number of nitrogens with one attached hydrogen (secondary N) is 1. The van der Waals surface area contributed by atoms with Gasteiger partial charge in [-0.1, -0.05) is 23.7 Å². The third-order valence-corrected chi connectivity index (χ3v) is 6.55. The third-order valence-electron chi connectivity index (χ3n) is 6.31. The van der Waals surface area contributed by atoms with Gasteiger partial charge in [0.25, 0.3) is 5.91 Å². The number of primary amides is 1. The fraction of sp³-hybridized carbons (Fsp3) is 0.500. The number of carbonyl (C=O) groups excluding carboxylic acids is 3. The van der Waals surface area contributed by atoms with Gasteiger partial charge in [-0.3, -0.25) is 14.4 Å². The van der Waals surface area contributed by atoms with Crippen molar-refractivity contribution in [2.24, 2.45) is 17.6 Å². The van der Waals surface area contributed by atoms with E-state index in [1.165, 1.54) is 0 Å². The molecule has 0 spiro atoms.